The molecule has 0 spiro atoms. The number of benzene rings is 1. The number of thioether (sulfide) groups is 1. The number of hydrogen-bond donors (Lipinski definition) is 1. The first kappa shape index (κ1) is 11.1. The van der Waals surface area contributed by atoms with Crippen molar-refractivity contribution >= 4 is 40.4 Å². The number of carbonyl (C=O) groups is 1. The summed E-state index contributed by atoms with van der Waals surface area (Å²) in [7, 11) is 0. The van der Waals surface area contributed by atoms with Crippen LogP contribution in [0.2, 0.25) is 0 Å². The molecule has 1 fully saturated rings. The van der Waals surface area contributed by atoms with Crippen molar-refractivity contribution in [2.24, 2.45) is 5.10 Å². The molecule has 6 heteroatoms. The van der Waals surface area contributed by atoms with Gasteiger partial charge in [0.1, 0.15) is 5.75 Å². The van der Waals surface area contributed by atoms with Gasteiger partial charge in [-0.3, -0.25) is 4.79 Å². The minimum absolute atomic E-state index is 0.106. The van der Waals surface area contributed by atoms with Gasteiger partial charge in [0.15, 0.2) is 4.32 Å². The first-order valence-electron chi connectivity index (χ1n) is 4.49. The highest BCUT2D eigenvalue weighted by atomic mass is 32.2. The topological polar surface area (TPSA) is 52.9 Å². The summed E-state index contributed by atoms with van der Waals surface area (Å²) in [6, 6.07) is 6.52. The maximum atomic E-state index is 11.3. The van der Waals surface area contributed by atoms with Crippen LogP contribution < -0.4 is 0 Å². The van der Waals surface area contributed by atoms with Crippen LogP contribution in [0.3, 0.4) is 0 Å². The molecule has 16 heavy (non-hydrogen) atoms. The van der Waals surface area contributed by atoms with E-state index in [9.17, 15) is 4.79 Å². The Kier molecular flexibility index (Phi) is 3.21. The van der Waals surface area contributed by atoms with Crippen LogP contribution in [-0.2, 0) is 4.79 Å². The van der Waals surface area contributed by atoms with Crippen molar-refractivity contribution in [3.8, 4) is 5.75 Å². The van der Waals surface area contributed by atoms with Crippen molar-refractivity contribution in [2.75, 3.05) is 5.75 Å². The summed E-state index contributed by atoms with van der Waals surface area (Å²) >= 11 is 6.27. The largest absolute Gasteiger partial charge is 0.508 e. The van der Waals surface area contributed by atoms with Gasteiger partial charge in [-0.25, -0.2) is 0 Å². The molecule has 0 unspecified atom stereocenters. The molecule has 1 aliphatic heterocycles. The van der Waals surface area contributed by atoms with E-state index < -0.39 is 0 Å². The lowest BCUT2D eigenvalue weighted by Crippen LogP contribution is -2.22. The van der Waals surface area contributed by atoms with E-state index in [0.717, 1.165) is 5.56 Å². The Morgan fingerprint density at radius 3 is 2.69 bits per heavy atom. The molecule has 82 valence electrons. The second-order valence-corrected chi connectivity index (χ2v) is 4.71. The van der Waals surface area contributed by atoms with Gasteiger partial charge in [0.25, 0.3) is 5.91 Å². The maximum Gasteiger partial charge on any atom is 0.259 e. The fourth-order valence-corrected chi connectivity index (χ4v) is 2.11. The third kappa shape index (κ3) is 2.40. The van der Waals surface area contributed by atoms with Crippen molar-refractivity contribution in [1.82, 2.24) is 5.01 Å². The molecule has 1 N–H and O–H groups in total. The molecule has 1 heterocycles. The van der Waals surface area contributed by atoms with Gasteiger partial charge in [-0.1, -0.05) is 24.0 Å². The number of nitrogens with zero attached hydrogens (tertiary/aromatic N) is 2. The lowest BCUT2D eigenvalue weighted by atomic mass is 10.2. The number of phenols is 1. The van der Waals surface area contributed by atoms with E-state index in [1.54, 1.807) is 24.3 Å². The molecule has 0 atom stereocenters. The molecular weight excluding hydrogens is 244 g/mol. The monoisotopic (exact) mass is 252 g/mol. The SMILES string of the molecule is O=C1CSC(=S)N1/N=C/c1ccc(O)cc1. The smallest absolute Gasteiger partial charge is 0.259 e. The number of phenolic OH excluding ortho intramolecular Hbond substituents is 1. The van der Waals surface area contributed by atoms with Crippen molar-refractivity contribution in [1.29, 1.82) is 0 Å². The zero-order chi connectivity index (χ0) is 11.5. The van der Waals surface area contributed by atoms with Crippen LogP contribution in [0.5, 0.6) is 5.75 Å². The quantitative estimate of drug-likeness (QED) is 0.641. The molecule has 0 aromatic heterocycles. The number of amides is 1. The summed E-state index contributed by atoms with van der Waals surface area (Å²) in [5.74, 6) is 0.441. The lowest BCUT2D eigenvalue weighted by molar-refractivity contribution is -0.123. The minimum Gasteiger partial charge on any atom is -0.508 e. The lowest BCUT2D eigenvalue weighted by Gasteiger charge is -2.06. The number of carbonyl (C=O) groups excluding carboxylic acids is 1. The second-order valence-electron chi connectivity index (χ2n) is 3.10. The van der Waals surface area contributed by atoms with E-state index in [-0.39, 0.29) is 11.7 Å². The van der Waals surface area contributed by atoms with Crippen molar-refractivity contribution in [3.05, 3.63) is 29.8 Å². The zero-order valence-corrected chi connectivity index (χ0v) is 9.79. The van der Waals surface area contributed by atoms with Crippen LogP contribution in [0.25, 0.3) is 0 Å². The minimum atomic E-state index is -0.106. The van der Waals surface area contributed by atoms with E-state index >= 15 is 0 Å². The highest BCUT2D eigenvalue weighted by Gasteiger charge is 2.25. The molecule has 1 amide bonds. The number of hydrazone groups is 1. The molecule has 0 radical (unpaired) electrons. The summed E-state index contributed by atoms with van der Waals surface area (Å²) < 4.78 is 0.472. The molecule has 0 saturated carbocycles. The Labute approximate surface area is 102 Å². The van der Waals surface area contributed by atoms with E-state index in [4.69, 9.17) is 17.3 Å². The first-order chi connectivity index (χ1) is 7.66. The Bertz CT molecular complexity index is 440. The Hall–Kier alpha value is -1.40. The Balaban J connectivity index is 2.12. The van der Waals surface area contributed by atoms with Crippen LogP contribution in [0.1, 0.15) is 5.56 Å². The number of aromatic hydroxyl groups is 1. The standard InChI is InChI=1S/C10H8N2O2S2/c13-8-3-1-7(2-4-8)5-11-12-9(14)6-16-10(12)15/h1-5,13H,6H2/b11-5+. The van der Waals surface area contributed by atoms with Gasteiger partial charge < -0.3 is 5.11 Å². The average molecular weight is 252 g/mol. The maximum absolute atomic E-state index is 11.3. The van der Waals surface area contributed by atoms with Crippen LogP contribution in [0.4, 0.5) is 0 Å². The Morgan fingerprint density at radius 1 is 1.44 bits per heavy atom. The van der Waals surface area contributed by atoms with Gasteiger partial charge in [0.2, 0.25) is 0 Å². The summed E-state index contributed by atoms with van der Waals surface area (Å²) in [5.41, 5.74) is 0.797. The van der Waals surface area contributed by atoms with Gasteiger partial charge in [-0.15, -0.1) is 0 Å². The van der Waals surface area contributed by atoms with Crippen LogP contribution in [0.15, 0.2) is 29.4 Å². The summed E-state index contributed by atoms with van der Waals surface area (Å²) in [5, 5.41) is 14.3. The van der Waals surface area contributed by atoms with Crippen LogP contribution in [0, 0.1) is 0 Å². The normalized spacial score (nSPS) is 16.4. The predicted molar refractivity (Wildman–Crippen MR) is 67.6 cm³/mol. The van der Waals surface area contributed by atoms with Crippen molar-refractivity contribution < 1.29 is 9.90 Å². The van der Waals surface area contributed by atoms with Gasteiger partial charge in [-0.2, -0.15) is 10.1 Å². The molecule has 2 rings (SSSR count). The number of rotatable bonds is 2. The first-order valence-corrected chi connectivity index (χ1v) is 5.89. The highest BCUT2D eigenvalue weighted by molar-refractivity contribution is 8.23. The highest BCUT2D eigenvalue weighted by Crippen LogP contribution is 2.19. The zero-order valence-electron chi connectivity index (χ0n) is 8.16. The second kappa shape index (κ2) is 4.63. The fraction of sp³-hybridized carbons (Fsp3) is 0.100. The van der Waals surface area contributed by atoms with E-state index in [1.807, 2.05) is 0 Å². The van der Waals surface area contributed by atoms with E-state index in [0.29, 0.717) is 10.1 Å². The fourth-order valence-electron chi connectivity index (χ4n) is 1.14. The molecular formula is C10H8N2O2S2. The van der Waals surface area contributed by atoms with Gasteiger partial charge in [0, 0.05) is 0 Å². The molecule has 1 saturated heterocycles. The molecule has 4 nitrogen and oxygen atoms in total. The molecule has 0 aliphatic carbocycles. The van der Waals surface area contributed by atoms with Crippen molar-refractivity contribution in [2.45, 2.75) is 0 Å². The number of hydrogen-bond acceptors (Lipinski definition) is 5. The van der Waals surface area contributed by atoms with Crippen molar-refractivity contribution in [3.63, 3.8) is 0 Å². The predicted octanol–water partition coefficient (Wildman–Crippen LogP) is 1.59. The summed E-state index contributed by atoms with van der Waals surface area (Å²) in [6.07, 6.45) is 1.54. The van der Waals surface area contributed by atoms with Gasteiger partial charge >= 0.3 is 0 Å². The molecule has 0 bridgehead atoms. The Morgan fingerprint density at radius 2 is 2.12 bits per heavy atom. The molecule has 1 aliphatic rings. The van der Waals surface area contributed by atoms with E-state index in [2.05, 4.69) is 5.10 Å². The van der Waals surface area contributed by atoms with Gasteiger partial charge in [-0.05, 0) is 29.8 Å². The summed E-state index contributed by atoms with van der Waals surface area (Å²) in [6.45, 7) is 0. The molecule has 1 aromatic rings. The van der Waals surface area contributed by atoms with Gasteiger partial charge in [0.05, 0.1) is 12.0 Å². The summed E-state index contributed by atoms with van der Waals surface area (Å²) in [4.78, 5) is 11.3. The third-order valence-electron chi connectivity index (χ3n) is 1.94. The average Bonchev–Trinajstić information content (AvgIpc) is 2.59. The number of thiocarbonyl (C=S) groups is 1. The van der Waals surface area contributed by atoms with Crippen LogP contribution >= 0.6 is 24.0 Å². The van der Waals surface area contributed by atoms with Crippen LogP contribution in [-0.4, -0.2) is 32.3 Å². The molecule has 1 aromatic carbocycles. The van der Waals surface area contributed by atoms with E-state index in [1.165, 1.54) is 23.0 Å². The third-order valence-corrected chi connectivity index (χ3v) is 3.28.